The largest absolute Gasteiger partial charge is 0.508 e. The van der Waals surface area contributed by atoms with Gasteiger partial charge in [-0.2, -0.15) is 0 Å². The number of nitrogens with zero attached hydrogens (tertiary/aromatic N) is 5. The molecule has 2 saturated heterocycles. The Kier molecular flexibility index (Phi) is 7.59. The zero-order valence-electron chi connectivity index (χ0n) is 20.5. The number of hydrogen-bond donors (Lipinski definition) is 3. The second kappa shape index (κ2) is 9.87. The van der Waals surface area contributed by atoms with Crippen LogP contribution in [0.5, 0.6) is 5.75 Å². The van der Waals surface area contributed by atoms with Crippen LogP contribution in [-0.2, 0) is 25.9 Å². The lowest BCUT2D eigenvalue weighted by atomic mass is 9.95. The van der Waals surface area contributed by atoms with Crippen LogP contribution in [0.15, 0.2) is 24.3 Å². The highest BCUT2D eigenvalue weighted by atomic mass is 35.5. The number of β-lactam (4-membered cyclic amide) rings is 1. The van der Waals surface area contributed by atoms with Crippen LogP contribution < -0.4 is 11.1 Å². The van der Waals surface area contributed by atoms with E-state index < -0.39 is 40.2 Å². The smallest absolute Gasteiger partial charge is 0.313 e. The number of nitrogens with two attached hydrogens (primary N) is 1. The first-order valence-electron chi connectivity index (χ1n) is 11.1. The predicted octanol–water partition coefficient (Wildman–Crippen LogP) is 1.27. The Balaban J connectivity index is 0.00000361. The number of carbonyl (C=O) groups is 3. The molecule has 0 aliphatic carbocycles. The Hall–Kier alpha value is -2.90. The molecule has 2 aromatic rings. The zero-order valence-corrected chi connectivity index (χ0v) is 22.2. The lowest BCUT2D eigenvalue weighted by Crippen LogP contribution is -2.68. The standard InChI is InChI=1S/C22H29N7O5S.ClH/c1-21(2,3)20(33)34-10-28-26-16(25-27-28)15-22(4,5)35-19-14(18(32)29(15)19)24-17(31)13(23)11-6-8-12(30)9-7-11;/h6-9,13-15,19,30H,10,23H2,1-5H3,(H,24,31);1H/t13-,14?,15?,19-;/m1./s1. The van der Waals surface area contributed by atoms with E-state index in [0.29, 0.717) is 11.4 Å². The molecule has 36 heavy (non-hydrogen) atoms. The quantitative estimate of drug-likeness (QED) is 0.359. The molecular weight excluding hydrogens is 510 g/mol. The summed E-state index contributed by atoms with van der Waals surface area (Å²) in [4.78, 5) is 40.6. The van der Waals surface area contributed by atoms with Crippen LogP contribution in [0, 0.1) is 5.41 Å². The number of benzene rings is 1. The maximum Gasteiger partial charge on any atom is 0.313 e. The Morgan fingerprint density at radius 1 is 1.28 bits per heavy atom. The van der Waals surface area contributed by atoms with E-state index in [1.165, 1.54) is 28.7 Å². The van der Waals surface area contributed by atoms with E-state index in [9.17, 15) is 19.5 Å². The molecule has 0 radical (unpaired) electrons. The number of thioether (sulfide) groups is 1. The van der Waals surface area contributed by atoms with Gasteiger partial charge >= 0.3 is 5.97 Å². The number of esters is 1. The van der Waals surface area contributed by atoms with E-state index in [2.05, 4.69) is 20.7 Å². The first-order chi connectivity index (χ1) is 16.3. The van der Waals surface area contributed by atoms with E-state index in [1.807, 2.05) is 13.8 Å². The summed E-state index contributed by atoms with van der Waals surface area (Å²) >= 11 is 1.53. The third kappa shape index (κ3) is 5.13. The summed E-state index contributed by atoms with van der Waals surface area (Å²) in [5.41, 5.74) is 5.92. The van der Waals surface area contributed by atoms with Crippen molar-refractivity contribution in [1.82, 2.24) is 30.4 Å². The SMILES string of the molecule is CC(C)(C)C(=O)OCn1nnc(C2N3C(=O)C(NC(=O)[C@H](N)c4ccc(O)cc4)[C@H]3SC2(C)C)n1.Cl. The molecule has 2 amide bonds. The molecule has 1 aromatic carbocycles. The third-order valence-corrected chi connectivity index (χ3v) is 7.48. The summed E-state index contributed by atoms with van der Waals surface area (Å²) in [6.45, 7) is 8.99. The minimum Gasteiger partial charge on any atom is -0.508 e. The van der Waals surface area contributed by atoms with Crippen molar-refractivity contribution in [2.45, 2.75) is 69.6 Å². The maximum atomic E-state index is 13.1. The number of tetrazole rings is 1. The fraction of sp³-hybridized carbons (Fsp3) is 0.545. The van der Waals surface area contributed by atoms with Crippen molar-refractivity contribution >= 4 is 42.0 Å². The van der Waals surface area contributed by atoms with E-state index in [0.717, 1.165) is 0 Å². The summed E-state index contributed by atoms with van der Waals surface area (Å²) in [5, 5.41) is 24.3. The fourth-order valence-corrected chi connectivity index (χ4v) is 5.62. The van der Waals surface area contributed by atoms with Crippen LogP contribution in [0.3, 0.4) is 0 Å². The van der Waals surface area contributed by atoms with Gasteiger partial charge in [0.1, 0.15) is 29.2 Å². The van der Waals surface area contributed by atoms with Gasteiger partial charge in [-0.25, -0.2) is 0 Å². The molecule has 2 aliphatic rings. The van der Waals surface area contributed by atoms with Gasteiger partial charge in [-0.15, -0.1) is 39.2 Å². The minimum atomic E-state index is -0.981. The van der Waals surface area contributed by atoms with Gasteiger partial charge in [0.15, 0.2) is 5.82 Å². The van der Waals surface area contributed by atoms with Crippen LogP contribution in [0.25, 0.3) is 0 Å². The number of nitrogens with one attached hydrogen (secondary N) is 1. The molecule has 4 rings (SSSR count). The first-order valence-corrected chi connectivity index (χ1v) is 12.0. The highest BCUT2D eigenvalue weighted by Gasteiger charge is 2.63. The summed E-state index contributed by atoms with van der Waals surface area (Å²) in [7, 11) is 0. The molecule has 4 N–H and O–H groups in total. The summed E-state index contributed by atoms with van der Waals surface area (Å²) in [6, 6.07) is 3.83. The van der Waals surface area contributed by atoms with Gasteiger partial charge in [0.25, 0.3) is 0 Å². The monoisotopic (exact) mass is 539 g/mol. The molecule has 1 aromatic heterocycles. The van der Waals surface area contributed by atoms with Gasteiger partial charge in [0, 0.05) is 4.75 Å². The molecule has 4 atom stereocenters. The van der Waals surface area contributed by atoms with Gasteiger partial charge in [0.2, 0.25) is 18.5 Å². The molecule has 0 saturated carbocycles. The maximum absolute atomic E-state index is 13.1. The number of hydrogen-bond acceptors (Lipinski definition) is 10. The highest BCUT2D eigenvalue weighted by molar-refractivity contribution is 8.01. The average Bonchev–Trinajstić information content (AvgIpc) is 3.34. The van der Waals surface area contributed by atoms with Crippen molar-refractivity contribution < 1.29 is 24.2 Å². The molecular formula is C22H30ClN7O5S. The average molecular weight is 540 g/mol. The van der Waals surface area contributed by atoms with Crippen molar-refractivity contribution in [3.63, 3.8) is 0 Å². The molecule has 0 bridgehead atoms. The number of phenolic OH excluding ortho intramolecular Hbond substituents is 1. The lowest BCUT2D eigenvalue weighted by molar-refractivity contribution is -0.158. The van der Waals surface area contributed by atoms with Gasteiger partial charge in [-0.05, 0) is 57.5 Å². The van der Waals surface area contributed by atoms with Crippen LogP contribution >= 0.6 is 24.2 Å². The number of aromatic hydroxyl groups is 1. The summed E-state index contributed by atoms with van der Waals surface area (Å²) < 4.78 is 4.77. The van der Waals surface area contributed by atoms with Gasteiger partial charge in [0.05, 0.1) is 5.41 Å². The molecule has 2 fully saturated rings. The molecule has 12 nitrogen and oxygen atoms in total. The second-order valence-corrected chi connectivity index (χ2v) is 11.9. The summed E-state index contributed by atoms with van der Waals surface area (Å²) in [5.74, 6) is -0.745. The van der Waals surface area contributed by atoms with E-state index in [1.54, 1.807) is 37.8 Å². The Morgan fingerprint density at radius 2 is 1.92 bits per heavy atom. The zero-order chi connectivity index (χ0) is 25.7. The fourth-order valence-electron chi connectivity index (χ4n) is 3.99. The van der Waals surface area contributed by atoms with E-state index in [-0.39, 0.29) is 36.2 Å². The number of aromatic nitrogens is 4. The molecule has 0 spiro atoms. The Bertz CT molecular complexity index is 1150. The van der Waals surface area contributed by atoms with Crippen molar-refractivity contribution in [2.24, 2.45) is 11.1 Å². The van der Waals surface area contributed by atoms with Crippen molar-refractivity contribution in [3.8, 4) is 5.75 Å². The number of fused-ring (bicyclic) bond motifs is 1. The second-order valence-electron chi connectivity index (χ2n) is 10.1. The number of halogens is 1. The molecule has 196 valence electrons. The Labute approximate surface area is 218 Å². The van der Waals surface area contributed by atoms with Crippen molar-refractivity contribution in [2.75, 3.05) is 0 Å². The van der Waals surface area contributed by atoms with Crippen molar-refractivity contribution in [3.05, 3.63) is 35.7 Å². The molecule has 14 heteroatoms. The van der Waals surface area contributed by atoms with Gasteiger partial charge < -0.3 is 25.8 Å². The molecule has 2 aliphatic heterocycles. The lowest BCUT2D eigenvalue weighted by Gasteiger charge is -2.44. The third-order valence-electron chi connectivity index (χ3n) is 5.91. The number of rotatable bonds is 6. The summed E-state index contributed by atoms with van der Waals surface area (Å²) in [6.07, 6.45) is 0. The highest BCUT2D eigenvalue weighted by Crippen LogP contribution is 2.56. The minimum absolute atomic E-state index is 0. The van der Waals surface area contributed by atoms with Gasteiger partial charge in [-0.3, -0.25) is 14.4 Å². The van der Waals surface area contributed by atoms with E-state index >= 15 is 0 Å². The molecule has 2 unspecified atom stereocenters. The number of carbonyl (C=O) groups excluding carboxylic acids is 3. The van der Waals surface area contributed by atoms with Crippen LogP contribution in [-0.4, -0.2) is 64.2 Å². The predicted molar refractivity (Wildman–Crippen MR) is 133 cm³/mol. The first kappa shape index (κ1) is 27.7. The van der Waals surface area contributed by atoms with E-state index in [4.69, 9.17) is 10.5 Å². The normalized spacial score (nSPS) is 23.2. The van der Waals surface area contributed by atoms with Crippen molar-refractivity contribution in [1.29, 1.82) is 0 Å². The van der Waals surface area contributed by atoms with Crippen LogP contribution in [0.4, 0.5) is 0 Å². The number of ether oxygens (including phenoxy) is 1. The topological polar surface area (TPSA) is 166 Å². The Morgan fingerprint density at radius 3 is 2.53 bits per heavy atom. The van der Waals surface area contributed by atoms with Crippen LogP contribution in [0.1, 0.15) is 58.1 Å². The number of amides is 2. The van der Waals surface area contributed by atoms with Crippen LogP contribution in [0.2, 0.25) is 0 Å². The van der Waals surface area contributed by atoms with Gasteiger partial charge in [-0.1, -0.05) is 12.1 Å². The molecule has 3 heterocycles. The number of phenols is 1.